The third-order valence-electron chi connectivity index (χ3n) is 8.86. The van der Waals surface area contributed by atoms with Crippen LogP contribution < -0.4 is 10.9 Å². The number of aryl methyl sites for hydroxylation is 2. The summed E-state index contributed by atoms with van der Waals surface area (Å²) in [5.74, 6) is -1.49. The first kappa shape index (κ1) is 23.5. The van der Waals surface area contributed by atoms with Crippen LogP contribution in [0.2, 0.25) is 0 Å². The van der Waals surface area contributed by atoms with Crippen LogP contribution in [0.5, 0.6) is 0 Å². The normalized spacial score (nSPS) is 23.1. The molecule has 0 saturated carbocycles. The molecule has 0 bridgehead atoms. The molecular weight excluding hydrogens is 489 g/mol. The molecule has 5 heterocycles. The van der Waals surface area contributed by atoms with Gasteiger partial charge in [0.05, 0.1) is 29.0 Å². The largest absolute Gasteiger partial charge is 0.457 e. The van der Waals surface area contributed by atoms with Crippen LogP contribution in [0.1, 0.15) is 66.0 Å². The fraction of sp³-hybridized carbons (Fsp3) is 0.448. The Labute approximate surface area is 218 Å². The quantitative estimate of drug-likeness (QED) is 0.416. The van der Waals surface area contributed by atoms with Crippen molar-refractivity contribution in [2.75, 3.05) is 6.54 Å². The summed E-state index contributed by atoms with van der Waals surface area (Å²) in [6.45, 7) is 4.43. The van der Waals surface area contributed by atoms with Gasteiger partial charge >= 0.3 is 11.9 Å². The molecule has 38 heavy (non-hydrogen) atoms. The predicted molar refractivity (Wildman–Crippen MR) is 136 cm³/mol. The fourth-order valence-corrected chi connectivity index (χ4v) is 6.80. The first-order chi connectivity index (χ1) is 18.3. The molecule has 1 N–H and O–H groups in total. The van der Waals surface area contributed by atoms with E-state index in [0.29, 0.717) is 53.1 Å². The van der Waals surface area contributed by atoms with E-state index in [9.17, 15) is 18.8 Å². The number of nitrogens with one attached hydrogen (secondary N) is 1. The van der Waals surface area contributed by atoms with Gasteiger partial charge in [-0.05, 0) is 74.8 Å². The van der Waals surface area contributed by atoms with Crippen molar-refractivity contribution in [3.05, 3.63) is 61.7 Å². The second kappa shape index (κ2) is 8.20. The SMILES string of the molecule is CC[C@@]1(OC(=O)[C@@H]2CCCN2)C(=O)OCc2c1cc1n(c2=O)Cc2c-1nc1cc(F)c(C)c3c1c2CCC3. The Morgan fingerprint density at radius 3 is 2.79 bits per heavy atom. The zero-order valence-corrected chi connectivity index (χ0v) is 21.4. The summed E-state index contributed by atoms with van der Waals surface area (Å²) in [6.07, 6.45) is 4.12. The zero-order chi connectivity index (χ0) is 26.3. The van der Waals surface area contributed by atoms with Gasteiger partial charge in [0.15, 0.2) is 0 Å². The Hall–Kier alpha value is -3.59. The molecule has 0 amide bonds. The molecule has 1 saturated heterocycles. The van der Waals surface area contributed by atoms with E-state index < -0.39 is 23.6 Å². The van der Waals surface area contributed by atoms with Crippen molar-refractivity contribution in [2.45, 2.75) is 77.2 Å². The van der Waals surface area contributed by atoms with Gasteiger partial charge in [0.1, 0.15) is 18.5 Å². The number of aromatic nitrogens is 2. The van der Waals surface area contributed by atoms with Crippen LogP contribution in [0.15, 0.2) is 16.9 Å². The number of halogens is 1. The van der Waals surface area contributed by atoms with Crippen LogP contribution in [0.25, 0.3) is 22.3 Å². The number of benzene rings is 1. The van der Waals surface area contributed by atoms with Gasteiger partial charge in [-0.1, -0.05) is 6.92 Å². The first-order valence-electron chi connectivity index (χ1n) is 13.4. The lowest BCUT2D eigenvalue weighted by Crippen LogP contribution is -2.49. The van der Waals surface area contributed by atoms with Crippen molar-refractivity contribution in [2.24, 2.45) is 0 Å². The summed E-state index contributed by atoms with van der Waals surface area (Å²) in [7, 11) is 0. The number of esters is 2. The number of hydrogen-bond donors (Lipinski definition) is 1. The molecule has 8 nitrogen and oxygen atoms in total. The number of nitrogens with zero attached hydrogens (tertiary/aromatic N) is 2. The standard InChI is InChI=1S/C29H28FN3O5/c1-3-29(38-27(35)21-8-5-9-31-21)19-10-23-25-17(12-33(23)26(34)18(19)13-37-28(29)36)16-7-4-6-15-14(2)20(30)11-22(32-25)24(15)16/h10-11,21,31H,3-9,12-13H2,1-2H3/t21-,29-/m0/s1. The smallest absolute Gasteiger partial charge is 0.355 e. The molecule has 0 spiro atoms. The van der Waals surface area contributed by atoms with Gasteiger partial charge < -0.3 is 19.4 Å². The Morgan fingerprint density at radius 2 is 2.03 bits per heavy atom. The lowest BCUT2D eigenvalue weighted by Gasteiger charge is -2.36. The number of rotatable bonds is 3. The maximum absolute atomic E-state index is 14.8. The Kier molecular flexibility index (Phi) is 5.08. The van der Waals surface area contributed by atoms with Crippen LogP contribution in [-0.4, -0.2) is 34.1 Å². The minimum atomic E-state index is -1.71. The molecule has 3 aliphatic heterocycles. The molecule has 2 atom stereocenters. The molecule has 2 aromatic heterocycles. The number of ether oxygens (including phenoxy) is 2. The third-order valence-corrected chi connectivity index (χ3v) is 8.86. The van der Waals surface area contributed by atoms with E-state index in [0.717, 1.165) is 47.8 Å². The number of carbonyl (C=O) groups is 2. The monoisotopic (exact) mass is 517 g/mol. The molecule has 4 aliphatic rings. The molecule has 3 aromatic rings. The van der Waals surface area contributed by atoms with Gasteiger partial charge in [0.2, 0.25) is 5.60 Å². The highest BCUT2D eigenvalue weighted by molar-refractivity contribution is 5.93. The minimum absolute atomic E-state index is 0.122. The molecule has 9 heteroatoms. The lowest BCUT2D eigenvalue weighted by molar-refractivity contribution is -0.190. The topological polar surface area (TPSA) is 99.5 Å². The second-order valence-electron chi connectivity index (χ2n) is 10.8. The first-order valence-corrected chi connectivity index (χ1v) is 13.4. The number of carbonyl (C=O) groups excluding carboxylic acids is 2. The van der Waals surface area contributed by atoms with E-state index in [2.05, 4.69) is 5.32 Å². The van der Waals surface area contributed by atoms with Crippen LogP contribution in [0, 0.1) is 12.7 Å². The van der Waals surface area contributed by atoms with E-state index in [1.807, 2.05) is 6.92 Å². The molecule has 0 unspecified atom stereocenters. The second-order valence-corrected chi connectivity index (χ2v) is 10.8. The highest BCUT2D eigenvalue weighted by Crippen LogP contribution is 2.44. The summed E-state index contributed by atoms with van der Waals surface area (Å²) in [6, 6.07) is 2.75. The van der Waals surface area contributed by atoms with E-state index in [1.165, 1.54) is 6.07 Å². The van der Waals surface area contributed by atoms with Crippen molar-refractivity contribution >= 4 is 22.8 Å². The molecule has 7 rings (SSSR count). The molecule has 1 aromatic carbocycles. The highest BCUT2D eigenvalue weighted by atomic mass is 19.1. The highest BCUT2D eigenvalue weighted by Gasteiger charge is 2.51. The van der Waals surface area contributed by atoms with Gasteiger partial charge in [-0.2, -0.15) is 0 Å². The predicted octanol–water partition coefficient (Wildman–Crippen LogP) is 3.32. The summed E-state index contributed by atoms with van der Waals surface area (Å²) in [4.78, 5) is 45.0. The maximum Gasteiger partial charge on any atom is 0.355 e. The van der Waals surface area contributed by atoms with E-state index in [1.54, 1.807) is 17.6 Å². The summed E-state index contributed by atoms with van der Waals surface area (Å²) in [5, 5.41) is 4.11. The van der Waals surface area contributed by atoms with Crippen molar-refractivity contribution in [3.63, 3.8) is 0 Å². The van der Waals surface area contributed by atoms with Crippen molar-refractivity contribution < 1.29 is 23.5 Å². The Balaban J connectivity index is 1.44. The number of cyclic esters (lactones) is 1. The third kappa shape index (κ3) is 3.05. The Bertz CT molecular complexity index is 1640. The van der Waals surface area contributed by atoms with Crippen LogP contribution in [0.3, 0.4) is 0 Å². The Morgan fingerprint density at radius 1 is 1.21 bits per heavy atom. The summed E-state index contributed by atoms with van der Waals surface area (Å²) < 4.78 is 27.9. The van der Waals surface area contributed by atoms with Gasteiger partial charge in [0.25, 0.3) is 5.56 Å². The molecule has 1 aliphatic carbocycles. The van der Waals surface area contributed by atoms with Crippen molar-refractivity contribution in [3.8, 4) is 11.4 Å². The van der Waals surface area contributed by atoms with Crippen LogP contribution in [0.4, 0.5) is 4.39 Å². The van der Waals surface area contributed by atoms with Gasteiger partial charge in [-0.3, -0.25) is 9.59 Å². The van der Waals surface area contributed by atoms with Crippen molar-refractivity contribution in [1.82, 2.24) is 14.9 Å². The van der Waals surface area contributed by atoms with Crippen LogP contribution in [-0.2, 0) is 50.7 Å². The summed E-state index contributed by atoms with van der Waals surface area (Å²) >= 11 is 0. The molecule has 196 valence electrons. The molecular formula is C29H28FN3O5. The maximum atomic E-state index is 14.8. The van der Waals surface area contributed by atoms with E-state index in [4.69, 9.17) is 14.5 Å². The molecule has 0 radical (unpaired) electrons. The van der Waals surface area contributed by atoms with Crippen LogP contribution >= 0.6 is 0 Å². The average molecular weight is 518 g/mol. The lowest BCUT2D eigenvalue weighted by atomic mass is 9.84. The van der Waals surface area contributed by atoms with Gasteiger partial charge in [0, 0.05) is 22.6 Å². The number of fused-ring (bicyclic) bond motifs is 5. The number of hydrogen-bond acceptors (Lipinski definition) is 7. The zero-order valence-electron chi connectivity index (χ0n) is 21.4. The van der Waals surface area contributed by atoms with Crippen molar-refractivity contribution in [1.29, 1.82) is 0 Å². The van der Waals surface area contributed by atoms with Gasteiger partial charge in [-0.15, -0.1) is 0 Å². The fourth-order valence-electron chi connectivity index (χ4n) is 6.80. The summed E-state index contributed by atoms with van der Waals surface area (Å²) in [5.41, 5.74) is 4.16. The van der Waals surface area contributed by atoms with E-state index >= 15 is 0 Å². The van der Waals surface area contributed by atoms with E-state index in [-0.39, 0.29) is 24.4 Å². The number of pyridine rings is 2. The average Bonchev–Trinajstić information content (AvgIpc) is 3.58. The molecule has 1 fully saturated rings. The van der Waals surface area contributed by atoms with Gasteiger partial charge in [-0.25, -0.2) is 14.2 Å². The minimum Gasteiger partial charge on any atom is -0.457 e.